The van der Waals surface area contributed by atoms with E-state index in [0.717, 1.165) is 135 Å². The van der Waals surface area contributed by atoms with Gasteiger partial charge in [0.15, 0.2) is 6.10 Å². The summed E-state index contributed by atoms with van der Waals surface area (Å²) >= 11 is 0. The molecule has 0 rings (SSSR count). The number of hydrogen-bond acceptors (Lipinski definition) is 14. The maximum Gasteiger partial charge on any atom is 0.472 e. The van der Waals surface area contributed by atoms with E-state index in [1.807, 2.05) is 0 Å². The van der Waals surface area contributed by atoms with E-state index in [1.54, 1.807) is 0 Å². The van der Waals surface area contributed by atoms with Crippen LogP contribution in [-0.2, 0) is 55.8 Å². The molecule has 0 radical (unpaired) electrons. The fraction of sp³-hybridized carbons (Fsp3) is 0.761. The summed E-state index contributed by atoms with van der Waals surface area (Å²) in [7, 11) is -9.77. The first kappa shape index (κ1) is 85.7. The lowest BCUT2D eigenvalue weighted by atomic mass is 10.0. The number of aliphatic hydroxyl groups excluding tert-OH is 2. The van der Waals surface area contributed by atoms with Gasteiger partial charge in [0.05, 0.1) is 26.4 Å². The highest BCUT2D eigenvalue weighted by Gasteiger charge is 2.29. The molecule has 0 aliphatic carbocycles. The molecule has 0 fully saturated rings. The maximum absolute atomic E-state index is 12.8. The van der Waals surface area contributed by atoms with Crippen molar-refractivity contribution in [3.05, 3.63) is 85.1 Å². The van der Waals surface area contributed by atoms with Crippen LogP contribution in [0.5, 0.6) is 0 Å². The lowest BCUT2D eigenvalue weighted by Gasteiger charge is -2.21. The van der Waals surface area contributed by atoms with E-state index in [-0.39, 0.29) is 19.3 Å². The monoisotopic (exact) mass is 1300 g/mol. The third-order valence-corrected chi connectivity index (χ3v) is 16.5. The molecule has 0 amide bonds. The molecular formula is C71H126O16P2. The van der Waals surface area contributed by atoms with Crippen LogP contribution in [0.25, 0.3) is 0 Å². The van der Waals surface area contributed by atoms with Crippen molar-refractivity contribution in [3.8, 4) is 0 Å². The van der Waals surface area contributed by atoms with Crippen LogP contribution in [0.3, 0.4) is 0 Å². The predicted molar refractivity (Wildman–Crippen MR) is 362 cm³/mol. The largest absolute Gasteiger partial charge is 0.472 e. The lowest BCUT2D eigenvalue weighted by Crippen LogP contribution is -2.30. The Morgan fingerprint density at radius 2 is 0.607 bits per heavy atom. The Balaban J connectivity index is 4.45. The first-order valence-electron chi connectivity index (χ1n) is 34.9. The molecule has 0 aromatic heterocycles. The van der Waals surface area contributed by atoms with Crippen LogP contribution >= 0.6 is 15.6 Å². The van der Waals surface area contributed by atoms with Crippen molar-refractivity contribution in [1.82, 2.24) is 0 Å². The third kappa shape index (κ3) is 66.0. The second-order valence-electron chi connectivity index (χ2n) is 23.3. The summed E-state index contributed by atoms with van der Waals surface area (Å²) in [5, 5.41) is 20.5. The standard InChI is InChI=1S/C71H126O16P2/c1-4-7-10-13-16-19-22-24-26-27-28-29-30-31-32-33-34-35-36-37-39-41-43-45-48-51-54-57-69(74)81-60-66(72)61-83-88(77,78)84-62-67(73)63-85-89(79,80)86-65-68(87-71(76)59-56-53-50-47-42-21-18-15-12-9-6-3)64-82-70(75)58-55-52-49-46-44-40-38-25-23-20-17-14-11-8-5-2/h7,10,15-16,18-19,24-26,28-29,31-32,38,66-68,72-73H,4-6,8-9,11-14,17,20-23,27,30,33-37,39-65H2,1-3H3,(H,77,78)(H,79,80)/b10-7-,18-15-,19-16-,26-24-,29-28-,32-31-,38-25-. The summed E-state index contributed by atoms with van der Waals surface area (Å²) in [6, 6.07) is 0. The van der Waals surface area contributed by atoms with Crippen LogP contribution in [0.2, 0.25) is 0 Å². The van der Waals surface area contributed by atoms with Crippen molar-refractivity contribution in [1.29, 1.82) is 0 Å². The van der Waals surface area contributed by atoms with E-state index >= 15 is 0 Å². The van der Waals surface area contributed by atoms with Gasteiger partial charge in [-0.2, -0.15) is 0 Å². The minimum Gasteiger partial charge on any atom is -0.463 e. The molecule has 0 aromatic rings. The van der Waals surface area contributed by atoms with Gasteiger partial charge in [-0.25, -0.2) is 9.13 Å². The van der Waals surface area contributed by atoms with Crippen LogP contribution in [0.4, 0.5) is 0 Å². The molecule has 0 spiro atoms. The SMILES string of the molecule is CC/C=C\C/C=C\C/C=C\C/C=C\C/C=C\CCCCCCCCCCCCCC(=O)OCC(O)COP(=O)(O)OCC(O)COP(=O)(O)OCC(COC(=O)CCCCCCC/C=C\CCCCCCCC)OC(=O)CCCCCCC/C=C\CCCC. The van der Waals surface area contributed by atoms with Crippen LogP contribution in [0.15, 0.2) is 85.1 Å². The Labute approximate surface area is 540 Å². The zero-order valence-corrected chi connectivity index (χ0v) is 57.6. The summed E-state index contributed by atoms with van der Waals surface area (Å²) in [5.41, 5.74) is 0. The predicted octanol–water partition coefficient (Wildman–Crippen LogP) is 19.3. The normalized spacial score (nSPS) is 14.7. The Morgan fingerprint density at radius 1 is 0.326 bits per heavy atom. The number of hydrogen-bond donors (Lipinski definition) is 4. The van der Waals surface area contributed by atoms with Gasteiger partial charge in [-0.3, -0.25) is 32.5 Å². The van der Waals surface area contributed by atoms with Crippen molar-refractivity contribution in [2.24, 2.45) is 0 Å². The summed E-state index contributed by atoms with van der Waals surface area (Å²) < 4.78 is 60.8. The van der Waals surface area contributed by atoms with Gasteiger partial charge in [0.2, 0.25) is 0 Å². The number of ether oxygens (including phenoxy) is 3. The molecule has 5 atom stereocenters. The van der Waals surface area contributed by atoms with E-state index in [0.29, 0.717) is 19.3 Å². The second-order valence-corrected chi connectivity index (χ2v) is 26.2. The molecule has 0 heterocycles. The average molecular weight is 1300 g/mol. The Morgan fingerprint density at radius 3 is 0.989 bits per heavy atom. The molecule has 16 nitrogen and oxygen atoms in total. The Kier molecular flexibility index (Phi) is 62.4. The zero-order chi connectivity index (χ0) is 65.3. The zero-order valence-electron chi connectivity index (χ0n) is 55.8. The number of carbonyl (C=O) groups is 3. The van der Waals surface area contributed by atoms with Crippen LogP contribution < -0.4 is 0 Å². The van der Waals surface area contributed by atoms with Crippen molar-refractivity contribution in [2.75, 3.05) is 39.6 Å². The number of allylic oxidation sites excluding steroid dienone is 14. The molecule has 89 heavy (non-hydrogen) atoms. The highest BCUT2D eigenvalue weighted by atomic mass is 31.2. The number of aliphatic hydroxyl groups is 2. The van der Waals surface area contributed by atoms with Crippen LogP contribution in [0, 0.1) is 0 Å². The van der Waals surface area contributed by atoms with Gasteiger partial charge in [-0.1, -0.05) is 247 Å². The molecular weight excluding hydrogens is 1170 g/mol. The van der Waals surface area contributed by atoms with Crippen molar-refractivity contribution in [3.63, 3.8) is 0 Å². The smallest absolute Gasteiger partial charge is 0.463 e. The number of phosphoric acid groups is 2. The van der Waals surface area contributed by atoms with Gasteiger partial charge in [0.1, 0.15) is 25.4 Å². The number of rotatable bonds is 66. The van der Waals surface area contributed by atoms with Crippen molar-refractivity contribution in [2.45, 2.75) is 309 Å². The van der Waals surface area contributed by atoms with E-state index < -0.39 is 91.5 Å². The van der Waals surface area contributed by atoms with E-state index in [4.69, 9.17) is 32.3 Å². The summed E-state index contributed by atoms with van der Waals surface area (Å²) in [5.74, 6) is -1.59. The van der Waals surface area contributed by atoms with Gasteiger partial charge in [-0.15, -0.1) is 0 Å². The van der Waals surface area contributed by atoms with Crippen LogP contribution in [-0.4, -0.2) is 95.9 Å². The third-order valence-electron chi connectivity index (χ3n) is 14.6. The molecule has 0 saturated carbocycles. The summed E-state index contributed by atoms with van der Waals surface area (Å²) in [4.78, 5) is 58.3. The highest BCUT2D eigenvalue weighted by molar-refractivity contribution is 7.47. The highest BCUT2D eigenvalue weighted by Crippen LogP contribution is 2.45. The summed E-state index contributed by atoms with van der Waals surface area (Å²) in [6.45, 7) is 2.50. The molecule has 0 aliphatic rings. The molecule has 516 valence electrons. The Hall–Kier alpha value is -3.27. The average Bonchev–Trinajstić information content (AvgIpc) is 3.56. The number of carbonyl (C=O) groups excluding carboxylic acids is 3. The minimum absolute atomic E-state index is 0.0943. The molecule has 0 bridgehead atoms. The van der Waals surface area contributed by atoms with Crippen molar-refractivity contribution >= 4 is 33.6 Å². The van der Waals surface area contributed by atoms with Gasteiger partial charge < -0.3 is 34.2 Å². The first-order valence-corrected chi connectivity index (χ1v) is 37.9. The van der Waals surface area contributed by atoms with Gasteiger partial charge in [-0.05, 0) is 109 Å². The number of unbranched alkanes of at least 4 members (excludes halogenated alkanes) is 29. The molecule has 0 aliphatic heterocycles. The topological polar surface area (TPSA) is 231 Å². The fourth-order valence-electron chi connectivity index (χ4n) is 9.22. The van der Waals surface area contributed by atoms with Gasteiger partial charge >= 0.3 is 33.6 Å². The molecule has 0 saturated heterocycles. The van der Waals surface area contributed by atoms with Crippen molar-refractivity contribution < 1.29 is 75.8 Å². The number of esters is 3. The van der Waals surface area contributed by atoms with Crippen LogP contribution in [0.1, 0.15) is 290 Å². The molecule has 18 heteroatoms. The quantitative estimate of drug-likeness (QED) is 0.0146. The maximum atomic E-state index is 12.8. The molecule has 4 N–H and O–H groups in total. The van der Waals surface area contributed by atoms with E-state index in [9.17, 15) is 43.5 Å². The lowest BCUT2D eigenvalue weighted by molar-refractivity contribution is -0.161. The Bertz CT molecular complexity index is 1970. The van der Waals surface area contributed by atoms with Gasteiger partial charge in [0, 0.05) is 19.3 Å². The van der Waals surface area contributed by atoms with E-state index in [2.05, 4.69) is 106 Å². The number of phosphoric ester groups is 2. The molecule has 5 unspecified atom stereocenters. The second kappa shape index (κ2) is 64.8. The first-order chi connectivity index (χ1) is 43.2. The fourth-order valence-corrected chi connectivity index (χ4v) is 10.8. The summed E-state index contributed by atoms with van der Waals surface area (Å²) in [6.07, 6.45) is 69.4. The van der Waals surface area contributed by atoms with E-state index in [1.165, 1.54) is 96.3 Å². The molecule has 0 aromatic carbocycles. The van der Waals surface area contributed by atoms with Gasteiger partial charge in [0.25, 0.3) is 0 Å². The minimum atomic E-state index is -4.92.